The summed E-state index contributed by atoms with van der Waals surface area (Å²) < 4.78 is 0. The summed E-state index contributed by atoms with van der Waals surface area (Å²) in [5.41, 5.74) is 9.09. The Kier molecular flexibility index (Phi) is 2.46. The van der Waals surface area contributed by atoms with Gasteiger partial charge < -0.3 is 0 Å². The van der Waals surface area contributed by atoms with E-state index in [2.05, 4.69) is 31.5 Å². The van der Waals surface area contributed by atoms with E-state index in [1.165, 1.54) is 5.17 Å². The molecule has 0 spiro atoms. The summed E-state index contributed by atoms with van der Waals surface area (Å²) in [6.45, 7) is 1.42. The van der Waals surface area contributed by atoms with Crippen LogP contribution in [0.4, 0.5) is 5.95 Å². The number of aromatic amines is 1. The van der Waals surface area contributed by atoms with E-state index in [0.29, 0.717) is 12.6 Å². The second kappa shape index (κ2) is 3.94. The number of nitrogens with zero attached hydrogens (tertiary/aromatic N) is 3. The van der Waals surface area contributed by atoms with Crippen LogP contribution < -0.4 is 21.4 Å². The standard InChI is InChI=1S/C6H11N7OS/c1-2-14-13(8-1)6-9-4(10-12-6)5-11-7-3-15-5/h5,7-8,11H,1-3H2,(H,9,10,12). The second-order valence-corrected chi connectivity index (χ2v) is 4.16. The molecule has 2 aliphatic rings. The van der Waals surface area contributed by atoms with Gasteiger partial charge in [0.05, 0.1) is 12.5 Å². The van der Waals surface area contributed by atoms with Crippen LogP contribution in [-0.2, 0) is 4.84 Å². The lowest BCUT2D eigenvalue weighted by Gasteiger charge is -2.09. The molecule has 4 N–H and O–H groups in total. The normalized spacial score (nSPS) is 26.4. The van der Waals surface area contributed by atoms with E-state index in [1.54, 1.807) is 11.8 Å². The molecule has 9 heteroatoms. The fraction of sp³-hybridized carbons (Fsp3) is 0.667. The van der Waals surface area contributed by atoms with Gasteiger partial charge in [0.15, 0.2) is 5.82 Å². The van der Waals surface area contributed by atoms with E-state index >= 15 is 0 Å². The minimum Gasteiger partial charge on any atom is -0.259 e. The lowest BCUT2D eigenvalue weighted by Crippen LogP contribution is -2.30. The topological polar surface area (TPSA) is 90.1 Å². The Morgan fingerprint density at radius 3 is 3.27 bits per heavy atom. The molecule has 0 radical (unpaired) electrons. The van der Waals surface area contributed by atoms with Gasteiger partial charge in [0.2, 0.25) is 0 Å². The highest BCUT2D eigenvalue weighted by atomic mass is 32.2. The number of thioether (sulfide) groups is 1. The summed E-state index contributed by atoms with van der Waals surface area (Å²) in [4.78, 5) is 9.57. The lowest BCUT2D eigenvalue weighted by molar-refractivity contribution is 0.154. The Morgan fingerprint density at radius 2 is 2.53 bits per heavy atom. The van der Waals surface area contributed by atoms with Crippen molar-refractivity contribution < 1.29 is 4.84 Å². The van der Waals surface area contributed by atoms with E-state index in [1.807, 2.05) is 0 Å². The Bertz CT molecular complexity index is 301. The molecule has 15 heavy (non-hydrogen) atoms. The Balaban J connectivity index is 1.74. The van der Waals surface area contributed by atoms with Gasteiger partial charge >= 0.3 is 0 Å². The van der Waals surface area contributed by atoms with Crippen molar-refractivity contribution in [3.8, 4) is 0 Å². The molecule has 2 saturated heterocycles. The van der Waals surface area contributed by atoms with Crippen molar-refractivity contribution in [3.63, 3.8) is 0 Å². The number of H-pyrrole nitrogens is 1. The van der Waals surface area contributed by atoms with Gasteiger partial charge in [-0.2, -0.15) is 4.98 Å². The average Bonchev–Trinajstić information content (AvgIpc) is 3.02. The van der Waals surface area contributed by atoms with Gasteiger partial charge in [-0.1, -0.05) is 0 Å². The molecule has 0 aliphatic carbocycles. The fourth-order valence-electron chi connectivity index (χ4n) is 1.38. The van der Waals surface area contributed by atoms with E-state index in [9.17, 15) is 0 Å². The van der Waals surface area contributed by atoms with Crippen molar-refractivity contribution >= 4 is 17.7 Å². The average molecular weight is 229 g/mol. The van der Waals surface area contributed by atoms with Crippen molar-refractivity contribution in [1.29, 1.82) is 0 Å². The number of nitrogens with one attached hydrogen (secondary N) is 4. The van der Waals surface area contributed by atoms with Gasteiger partial charge in [0.25, 0.3) is 5.95 Å². The SMILES string of the molecule is C1CON(c2n[nH]c(C3NNCS3)n2)N1. The molecule has 0 bridgehead atoms. The molecule has 0 aromatic carbocycles. The minimum absolute atomic E-state index is 0.119. The first-order valence-electron chi connectivity index (χ1n) is 4.62. The van der Waals surface area contributed by atoms with Crippen LogP contribution >= 0.6 is 11.8 Å². The number of aromatic nitrogens is 3. The van der Waals surface area contributed by atoms with Crippen LogP contribution in [0, 0.1) is 0 Å². The maximum atomic E-state index is 5.25. The minimum atomic E-state index is 0.119. The van der Waals surface area contributed by atoms with Gasteiger partial charge in [0.1, 0.15) is 5.37 Å². The van der Waals surface area contributed by atoms with Crippen molar-refractivity contribution in [1.82, 2.24) is 31.5 Å². The molecule has 2 fully saturated rings. The van der Waals surface area contributed by atoms with Crippen LogP contribution in [0.15, 0.2) is 0 Å². The Morgan fingerprint density at radius 1 is 1.53 bits per heavy atom. The number of hydrogen-bond acceptors (Lipinski definition) is 8. The Hall–Kier alpha value is -0.870. The first kappa shape index (κ1) is 9.36. The predicted molar refractivity (Wildman–Crippen MR) is 54.3 cm³/mol. The van der Waals surface area contributed by atoms with Gasteiger partial charge in [-0.3, -0.25) is 9.94 Å². The van der Waals surface area contributed by atoms with Gasteiger partial charge in [-0.15, -0.1) is 22.0 Å². The van der Waals surface area contributed by atoms with Crippen molar-refractivity contribution in [3.05, 3.63) is 5.82 Å². The summed E-state index contributed by atoms with van der Waals surface area (Å²) in [5.74, 6) is 2.16. The van der Waals surface area contributed by atoms with Crippen LogP contribution in [0.3, 0.4) is 0 Å². The van der Waals surface area contributed by atoms with Crippen molar-refractivity contribution in [2.75, 3.05) is 24.2 Å². The van der Waals surface area contributed by atoms with Gasteiger partial charge in [-0.25, -0.2) is 16.3 Å². The van der Waals surface area contributed by atoms with Crippen LogP contribution in [0.5, 0.6) is 0 Å². The fourth-order valence-corrected chi connectivity index (χ4v) is 2.14. The molecule has 1 aromatic heterocycles. The molecule has 1 unspecified atom stereocenters. The zero-order chi connectivity index (χ0) is 10.1. The molecular weight excluding hydrogens is 218 g/mol. The highest BCUT2D eigenvalue weighted by Gasteiger charge is 2.23. The first-order valence-corrected chi connectivity index (χ1v) is 5.67. The van der Waals surface area contributed by atoms with Gasteiger partial charge in [0, 0.05) is 6.54 Å². The van der Waals surface area contributed by atoms with E-state index in [4.69, 9.17) is 4.84 Å². The first-order chi connectivity index (χ1) is 7.43. The maximum absolute atomic E-state index is 5.25. The zero-order valence-electron chi connectivity index (χ0n) is 7.86. The second-order valence-electron chi connectivity index (χ2n) is 3.07. The number of hydrazine groups is 2. The molecule has 82 valence electrons. The quantitative estimate of drug-likeness (QED) is 0.506. The summed E-state index contributed by atoms with van der Waals surface area (Å²) in [6, 6.07) is 0. The summed E-state index contributed by atoms with van der Waals surface area (Å²) in [5, 5.41) is 8.54. The van der Waals surface area contributed by atoms with E-state index in [0.717, 1.165) is 18.2 Å². The third kappa shape index (κ3) is 1.79. The number of hydrogen-bond donors (Lipinski definition) is 4. The highest BCUT2D eigenvalue weighted by Crippen LogP contribution is 2.26. The molecule has 1 aromatic rings. The smallest absolute Gasteiger partial charge is 0.259 e. The lowest BCUT2D eigenvalue weighted by atomic mass is 10.6. The van der Waals surface area contributed by atoms with E-state index < -0.39 is 0 Å². The maximum Gasteiger partial charge on any atom is 0.284 e. The number of anilines is 1. The van der Waals surface area contributed by atoms with Gasteiger partial charge in [-0.05, 0) is 0 Å². The molecular formula is C6H11N7OS. The molecule has 1 atom stereocenters. The highest BCUT2D eigenvalue weighted by molar-refractivity contribution is 7.99. The Labute approximate surface area is 90.0 Å². The summed E-state index contributed by atoms with van der Waals surface area (Å²) >= 11 is 1.72. The monoisotopic (exact) mass is 229 g/mol. The van der Waals surface area contributed by atoms with Crippen molar-refractivity contribution in [2.24, 2.45) is 0 Å². The third-order valence-electron chi connectivity index (χ3n) is 2.05. The van der Waals surface area contributed by atoms with Crippen LogP contribution in [0.25, 0.3) is 0 Å². The molecule has 2 aliphatic heterocycles. The molecule has 0 amide bonds. The molecule has 8 nitrogen and oxygen atoms in total. The third-order valence-corrected chi connectivity index (χ3v) is 3.04. The molecule has 3 rings (SSSR count). The molecule has 3 heterocycles. The van der Waals surface area contributed by atoms with Crippen LogP contribution in [-0.4, -0.2) is 34.2 Å². The van der Waals surface area contributed by atoms with Crippen molar-refractivity contribution in [2.45, 2.75) is 5.37 Å². The van der Waals surface area contributed by atoms with Crippen LogP contribution in [0.2, 0.25) is 0 Å². The van der Waals surface area contributed by atoms with Crippen LogP contribution in [0.1, 0.15) is 11.2 Å². The summed E-state index contributed by atoms with van der Waals surface area (Å²) in [7, 11) is 0. The summed E-state index contributed by atoms with van der Waals surface area (Å²) in [6.07, 6.45) is 0. The largest absolute Gasteiger partial charge is 0.284 e. The van der Waals surface area contributed by atoms with E-state index in [-0.39, 0.29) is 5.37 Å². The zero-order valence-corrected chi connectivity index (χ0v) is 8.67. The predicted octanol–water partition coefficient (Wildman–Crippen LogP) is -1.14. The number of rotatable bonds is 2. The molecule has 0 saturated carbocycles.